The van der Waals surface area contributed by atoms with E-state index in [1.165, 1.54) is 9.80 Å². The van der Waals surface area contributed by atoms with Crippen LogP contribution in [0.4, 0.5) is 0 Å². The summed E-state index contributed by atoms with van der Waals surface area (Å²) in [5, 5.41) is 5.61. The smallest absolute Gasteiger partial charge is 0.239 e. The number of likely N-dealkylation sites (N-methyl/N-ethyl adjacent to an activating group) is 2. The molecule has 0 radical (unpaired) electrons. The molecule has 0 aromatic rings. The van der Waals surface area contributed by atoms with Gasteiger partial charge >= 0.3 is 0 Å². The van der Waals surface area contributed by atoms with Crippen molar-refractivity contribution < 1.29 is 19.2 Å². The van der Waals surface area contributed by atoms with Gasteiger partial charge in [0.25, 0.3) is 0 Å². The van der Waals surface area contributed by atoms with Gasteiger partial charge in [0.05, 0.1) is 13.1 Å². The minimum absolute atomic E-state index is 0.0159. The number of rotatable bonds is 10. The summed E-state index contributed by atoms with van der Waals surface area (Å²) < 4.78 is 0. The maximum absolute atomic E-state index is 13.1. The summed E-state index contributed by atoms with van der Waals surface area (Å²) in [6.07, 6.45) is 5.69. The number of carbonyl (C=O) groups excluding carboxylic acids is 4. The Balaban J connectivity index is 1.93. The summed E-state index contributed by atoms with van der Waals surface area (Å²) in [5.41, 5.74) is -0.919. The van der Waals surface area contributed by atoms with E-state index in [4.69, 9.17) is 0 Å². The first kappa shape index (κ1) is 24.2. The lowest BCUT2D eigenvalue weighted by atomic mass is 9.53. The molecule has 0 spiro atoms. The molecule has 0 heterocycles. The Morgan fingerprint density at radius 2 is 0.967 bits per heavy atom. The van der Waals surface area contributed by atoms with Gasteiger partial charge in [0.2, 0.25) is 23.6 Å². The number of amides is 4. The number of nitrogens with one attached hydrogen (secondary N) is 2. The van der Waals surface area contributed by atoms with Gasteiger partial charge in [-0.15, -0.1) is 0 Å². The van der Waals surface area contributed by atoms with Crippen LogP contribution in [0.5, 0.6) is 0 Å². The van der Waals surface area contributed by atoms with Crippen molar-refractivity contribution in [2.24, 2.45) is 10.8 Å². The second-order valence-corrected chi connectivity index (χ2v) is 9.08. The van der Waals surface area contributed by atoms with Gasteiger partial charge in [0.1, 0.15) is 0 Å². The monoisotopic (exact) mass is 422 g/mol. The molecule has 0 aromatic heterocycles. The fraction of sp³-hybridized carbons (Fsp3) is 0.818. The fourth-order valence-corrected chi connectivity index (χ4v) is 4.85. The highest BCUT2D eigenvalue weighted by Crippen LogP contribution is 2.58. The van der Waals surface area contributed by atoms with Crippen LogP contribution in [0, 0.1) is 10.8 Å². The fourth-order valence-electron chi connectivity index (χ4n) is 4.85. The van der Waals surface area contributed by atoms with Crippen molar-refractivity contribution >= 4 is 23.6 Å². The maximum atomic E-state index is 13.1. The molecule has 0 unspecified atom stereocenters. The first-order valence-electron chi connectivity index (χ1n) is 11.2. The SMILES string of the molecule is CCCNC(=O)CN(C)C(=O)C12CCC(C(=O)N(C)CC(=O)NCCC)(CC1)CC2. The molecule has 2 bridgehead atoms. The Bertz CT molecular complexity index is 583. The molecule has 8 nitrogen and oxygen atoms in total. The predicted octanol–water partition coefficient (Wildman–Crippen LogP) is 1.30. The van der Waals surface area contributed by atoms with Gasteiger partial charge in [-0.2, -0.15) is 0 Å². The van der Waals surface area contributed by atoms with Gasteiger partial charge in [-0.3, -0.25) is 19.2 Å². The Morgan fingerprint density at radius 1 is 0.667 bits per heavy atom. The first-order chi connectivity index (χ1) is 14.2. The highest BCUT2D eigenvalue weighted by atomic mass is 16.2. The van der Waals surface area contributed by atoms with Crippen molar-refractivity contribution in [2.75, 3.05) is 40.3 Å². The van der Waals surface area contributed by atoms with Crippen molar-refractivity contribution in [1.82, 2.24) is 20.4 Å². The summed E-state index contributed by atoms with van der Waals surface area (Å²) in [4.78, 5) is 53.3. The molecule has 4 amide bonds. The molecule has 3 saturated carbocycles. The third kappa shape index (κ3) is 5.32. The Hall–Kier alpha value is -2.12. The predicted molar refractivity (Wildman–Crippen MR) is 114 cm³/mol. The number of carbonyl (C=O) groups is 4. The summed E-state index contributed by atoms with van der Waals surface area (Å²) >= 11 is 0. The molecule has 8 heteroatoms. The minimum atomic E-state index is -0.459. The molecule has 170 valence electrons. The summed E-state index contributed by atoms with van der Waals surface area (Å²) in [7, 11) is 3.37. The number of nitrogens with zero attached hydrogens (tertiary/aromatic N) is 2. The van der Waals surface area contributed by atoms with Crippen LogP contribution in [0.2, 0.25) is 0 Å². The van der Waals surface area contributed by atoms with Crippen LogP contribution < -0.4 is 10.6 Å². The average molecular weight is 423 g/mol. The largest absolute Gasteiger partial charge is 0.355 e. The molecule has 3 aliphatic carbocycles. The highest BCUT2D eigenvalue weighted by molar-refractivity contribution is 5.91. The first-order valence-corrected chi connectivity index (χ1v) is 11.2. The third-order valence-corrected chi connectivity index (χ3v) is 6.75. The van der Waals surface area contributed by atoms with E-state index in [9.17, 15) is 19.2 Å². The summed E-state index contributed by atoms with van der Waals surface area (Å²) in [5.74, 6) is -0.240. The molecule has 2 N–H and O–H groups in total. The Morgan fingerprint density at radius 3 is 1.23 bits per heavy atom. The quantitative estimate of drug-likeness (QED) is 0.554. The van der Waals surface area contributed by atoms with Crippen LogP contribution in [0.15, 0.2) is 0 Å². The Labute approximate surface area is 180 Å². The average Bonchev–Trinajstić information content (AvgIpc) is 2.76. The van der Waals surface area contributed by atoms with Crippen LogP contribution >= 0.6 is 0 Å². The van der Waals surface area contributed by atoms with Gasteiger partial charge in [-0.1, -0.05) is 13.8 Å². The van der Waals surface area contributed by atoms with Gasteiger partial charge < -0.3 is 20.4 Å². The van der Waals surface area contributed by atoms with E-state index in [0.29, 0.717) is 51.6 Å². The van der Waals surface area contributed by atoms with Crippen LogP contribution in [-0.4, -0.2) is 73.7 Å². The zero-order valence-corrected chi connectivity index (χ0v) is 19.0. The summed E-state index contributed by atoms with van der Waals surface area (Å²) in [6, 6.07) is 0. The zero-order chi connectivity index (χ0) is 22.4. The molecule has 3 aliphatic rings. The second kappa shape index (κ2) is 10.3. The normalized spacial score (nSPS) is 24.8. The van der Waals surface area contributed by atoms with Crippen molar-refractivity contribution in [2.45, 2.75) is 65.2 Å². The Kier molecular flexibility index (Phi) is 8.26. The maximum Gasteiger partial charge on any atom is 0.239 e. The highest BCUT2D eigenvalue weighted by Gasteiger charge is 2.56. The molecule has 0 aromatic carbocycles. The molecular weight excluding hydrogens is 384 g/mol. The van der Waals surface area contributed by atoms with Gasteiger partial charge in [0.15, 0.2) is 0 Å². The lowest BCUT2D eigenvalue weighted by Gasteiger charge is -2.53. The molecular formula is C22H38N4O4. The van der Waals surface area contributed by atoms with Crippen LogP contribution in [0.1, 0.15) is 65.2 Å². The van der Waals surface area contributed by atoms with E-state index in [1.54, 1.807) is 14.1 Å². The topological polar surface area (TPSA) is 98.8 Å². The lowest BCUT2D eigenvalue weighted by molar-refractivity contribution is -0.162. The zero-order valence-electron chi connectivity index (χ0n) is 19.0. The molecule has 0 aliphatic heterocycles. The van der Waals surface area contributed by atoms with Gasteiger partial charge in [-0.05, 0) is 51.4 Å². The van der Waals surface area contributed by atoms with Crippen LogP contribution in [0.25, 0.3) is 0 Å². The van der Waals surface area contributed by atoms with Crippen molar-refractivity contribution in [3.63, 3.8) is 0 Å². The van der Waals surface area contributed by atoms with E-state index in [2.05, 4.69) is 10.6 Å². The number of hydrogen-bond acceptors (Lipinski definition) is 4. The number of hydrogen-bond donors (Lipinski definition) is 2. The van der Waals surface area contributed by atoms with Crippen molar-refractivity contribution in [3.05, 3.63) is 0 Å². The van der Waals surface area contributed by atoms with Gasteiger partial charge in [0, 0.05) is 38.0 Å². The third-order valence-electron chi connectivity index (χ3n) is 6.75. The van der Waals surface area contributed by atoms with E-state index >= 15 is 0 Å². The molecule has 3 rings (SSSR count). The summed E-state index contributed by atoms with van der Waals surface area (Å²) in [6.45, 7) is 5.34. The lowest BCUT2D eigenvalue weighted by Crippen LogP contribution is -2.56. The van der Waals surface area contributed by atoms with Gasteiger partial charge in [-0.25, -0.2) is 0 Å². The minimum Gasteiger partial charge on any atom is -0.355 e. The van der Waals surface area contributed by atoms with Crippen molar-refractivity contribution in [3.8, 4) is 0 Å². The van der Waals surface area contributed by atoms with E-state index < -0.39 is 10.8 Å². The van der Waals surface area contributed by atoms with Crippen LogP contribution in [0.3, 0.4) is 0 Å². The second-order valence-electron chi connectivity index (χ2n) is 9.08. The van der Waals surface area contributed by atoms with E-state index in [-0.39, 0.29) is 36.7 Å². The molecule has 0 atom stereocenters. The standard InChI is InChI=1S/C22H38N4O4/c1-5-13-23-17(27)15-25(3)19(29)21-7-10-22(11-8-21,12-9-21)20(30)26(4)16-18(28)24-14-6-2/h5-16H2,1-4H3,(H,23,27)(H,24,28). The van der Waals surface area contributed by atoms with E-state index in [0.717, 1.165) is 12.8 Å². The van der Waals surface area contributed by atoms with Crippen molar-refractivity contribution in [1.29, 1.82) is 0 Å². The number of fused-ring (bicyclic) bond motifs is 3. The molecule has 30 heavy (non-hydrogen) atoms. The van der Waals surface area contributed by atoms with E-state index in [1.807, 2.05) is 13.8 Å². The van der Waals surface area contributed by atoms with Crippen LogP contribution in [-0.2, 0) is 19.2 Å². The molecule has 0 saturated heterocycles. The molecule has 3 fully saturated rings.